The van der Waals surface area contributed by atoms with E-state index in [1.165, 1.54) is 26.0 Å². The van der Waals surface area contributed by atoms with E-state index in [0.29, 0.717) is 33.4 Å². The van der Waals surface area contributed by atoms with Crippen LogP contribution in [0.15, 0.2) is 103 Å². The van der Waals surface area contributed by atoms with Gasteiger partial charge in [-0.25, -0.2) is 4.98 Å². The van der Waals surface area contributed by atoms with Gasteiger partial charge in [-0.1, -0.05) is 38.9 Å². The van der Waals surface area contributed by atoms with Crippen LogP contribution in [0.3, 0.4) is 0 Å². The number of para-hydroxylation sites is 3. The Balaban J connectivity index is 1.27. The van der Waals surface area contributed by atoms with E-state index >= 15 is 0 Å². The van der Waals surface area contributed by atoms with Gasteiger partial charge in [0, 0.05) is 6.20 Å². The van der Waals surface area contributed by atoms with Crippen molar-refractivity contribution in [1.29, 1.82) is 0 Å². The van der Waals surface area contributed by atoms with Crippen molar-refractivity contribution in [1.82, 2.24) is 18.7 Å². The van der Waals surface area contributed by atoms with Gasteiger partial charge in [0.15, 0.2) is 0 Å². The predicted molar refractivity (Wildman–Crippen MR) is 174 cm³/mol. The van der Waals surface area contributed by atoms with Gasteiger partial charge >= 0.3 is 189 Å². The summed E-state index contributed by atoms with van der Waals surface area (Å²) in [6.07, 6.45) is 3.78. The second-order valence-electron chi connectivity index (χ2n) is 12.6. The van der Waals surface area contributed by atoms with E-state index in [0.717, 1.165) is 24.2 Å². The van der Waals surface area contributed by atoms with Gasteiger partial charge in [-0.3, -0.25) is 0 Å². The summed E-state index contributed by atoms with van der Waals surface area (Å²) in [6, 6.07) is 24.1. The predicted octanol–water partition coefficient (Wildman–Crippen LogP) is 9.18. The number of aryl methyl sites for hydroxylation is 2. The second-order valence-corrected chi connectivity index (χ2v) is 13.6. The van der Waals surface area contributed by atoms with Crippen LogP contribution < -0.4 is 4.74 Å². The molecule has 1 atom stereocenters. The van der Waals surface area contributed by atoms with Gasteiger partial charge in [-0.2, -0.15) is 0 Å². The molecule has 4 aromatic carbocycles. The van der Waals surface area contributed by atoms with Crippen molar-refractivity contribution in [3.8, 4) is 17.3 Å². The molecule has 0 bridgehead atoms. The Bertz CT molecular complexity index is 2520. The zero-order valence-electron chi connectivity index (χ0n) is 29.0. The molecule has 222 valence electrons. The number of hydrogen-bond acceptors (Lipinski definition) is 2. The molecule has 7 aromatic rings. The average molecular weight is 762 g/mol. The Kier molecular flexibility index (Phi) is 5.37. The van der Waals surface area contributed by atoms with Crippen molar-refractivity contribution in [3.05, 3.63) is 124 Å². The van der Waals surface area contributed by atoms with E-state index in [1.54, 1.807) is 6.20 Å². The Labute approximate surface area is 273 Å². The molecule has 3 heterocycles. The van der Waals surface area contributed by atoms with Gasteiger partial charge in [0.25, 0.3) is 0 Å². The van der Waals surface area contributed by atoms with Crippen LogP contribution in [0.2, 0.25) is 0 Å². The first kappa shape index (κ1) is 23.2. The molecule has 0 saturated heterocycles. The summed E-state index contributed by atoms with van der Waals surface area (Å²) in [5, 5.41) is 1.18. The van der Waals surface area contributed by atoms with Gasteiger partial charge in [-0.05, 0) is 29.2 Å². The Morgan fingerprint density at radius 1 is 0.864 bits per heavy atom. The summed E-state index contributed by atoms with van der Waals surface area (Å²) in [6.45, 7) is 6.41. The quantitative estimate of drug-likeness (QED) is 0.180. The standard InChI is InChI=1S/C38H34N4O.Pt/c1-38(2,3)26-19-20-39-37(21-26)42-33-10-6-5-9-29(33)30-17-16-28(23-36(30)42)43-27-15-13-25-14-18-32(31(25)22-27)41-24-40(4)34-11-7-8-12-35(34)41;/h5-13,15-17,19-23,32H,14,18H2,1-4H3;/i5D,6D,9D,10D;. The summed E-state index contributed by atoms with van der Waals surface area (Å²) in [7, 11) is 2.12. The molecule has 0 N–H and O–H groups in total. The zero-order valence-corrected chi connectivity index (χ0v) is 27.3. The number of fused-ring (bicyclic) bond motifs is 5. The molecule has 0 fully saturated rings. The molecule has 6 heteroatoms. The Hall–Kier alpha value is -4.21. The van der Waals surface area contributed by atoms with Gasteiger partial charge in [0.1, 0.15) is 0 Å². The summed E-state index contributed by atoms with van der Waals surface area (Å²) in [4.78, 5) is 4.70. The van der Waals surface area contributed by atoms with Crippen LogP contribution in [-0.2, 0) is 38.2 Å². The smallest absolute Gasteiger partial charge is 0.239 e. The molecule has 0 radical (unpaired) electrons. The zero-order chi connectivity index (χ0) is 33.6. The number of hydrogen-bond donors (Lipinski definition) is 0. The Morgan fingerprint density at radius 3 is 2.48 bits per heavy atom. The molecule has 0 spiro atoms. The van der Waals surface area contributed by atoms with E-state index in [1.807, 2.05) is 41.0 Å². The number of benzene rings is 4. The van der Waals surface area contributed by atoms with E-state index in [2.05, 4.69) is 92.7 Å². The van der Waals surface area contributed by atoms with Crippen molar-refractivity contribution in [3.63, 3.8) is 0 Å². The molecule has 3 aromatic heterocycles. The van der Waals surface area contributed by atoms with E-state index < -0.39 is 0 Å². The van der Waals surface area contributed by atoms with Crippen LogP contribution >= 0.6 is 0 Å². The van der Waals surface area contributed by atoms with Gasteiger partial charge in [0.05, 0.1) is 5.48 Å². The molecule has 5 nitrogen and oxygen atoms in total. The molecule has 0 saturated carbocycles. The van der Waals surface area contributed by atoms with Crippen LogP contribution in [0.25, 0.3) is 38.7 Å². The monoisotopic (exact) mass is 761 g/mol. The van der Waals surface area contributed by atoms with Gasteiger partial charge < -0.3 is 0 Å². The topological polar surface area (TPSA) is 36.9 Å². The number of aromatic nitrogens is 4. The number of pyridine rings is 1. The average Bonchev–Trinajstić information content (AvgIpc) is 3.72. The van der Waals surface area contributed by atoms with Crippen molar-refractivity contribution in [2.75, 3.05) is 0 Å². The van der Waals surface area contributed by atoms with Gasteiger partial charge in [-0.15, -0.1) is 0 Å². The normalized spacial score (nSPS) is 16.3. The van der Waals surface area contributed by atoms with E-state index in [4.69, 9.17) is 15.2 Å². The van der Waals surface area contributed by atoms with E-state index in [9.17, 15) is 0 Å². The summed E-state index contributed by atoms with van der Waals surface area (Å²) in [5.74, 6) is 1.93. The third-order valence-electron chi connectivity index (χ3n) is 8.86. The van der Waals surface area contributed by atoms with Gasteiger partial charge in [0.2, 0.25) is 0 Å². The minimum absolute atomic E-state index is 0.0688. The van der Waals surface area contributed by atoms with Crippen molar-refractivity contribution >= 4 is 32.8 Å². The van der Waals surface area contributed by atoms with E-state index in [-0.39, 0.29) is 35.6 Å². The van der Waals surface area contributed by atoms with Crippen LogP contribution in [0.1, 0.15) is 55.4 Å². The maximum atomic E-state index is 8.91. The Morgan fingerprint density at radius 2 is 1.64 bits per heavy atom. The fourth-order valence-corrected chi connectivity index (χ4v) is 7.52. The number of ether oxygens (including phenoxy) is 1. The first-order valence-corrected chi connectivity index (χ1v) is 16.0. The van der Waals surface area contributed by atoms with Crippen LogP contribution in [0, 0.1) is 3.80 Å². The fraction of sp³-hybridized carbons (Fsp3) is 0.211. The number of nitrogens with zero attached hydrogens (tertiary/aromatic N) is 4. The van der Waals surface area contributed by atoms with Crippen molar-refractivity contribution in [2.45, 2.75) is 45.1 Å². The molecule has 1 aliphatic rings. The number of imidazole rings is 1. The molecular weight excluding hydrogens is 724 g/mol. The molecule has 44 heavy (non-hydrogen) atoms. The minimum Gasteiger partial charge on any atom is -0.239 e. The number of rotatable bonds is 4. The SMILES string of the molecule is [2H]c1c([2H])c([2H])c2c(c1[2H])c1ccc(Oc3ccc4c(c3)C(n3[c](=[Pt])n(C)c5ccccc53)CC4)cc1n2-c1cc(C(C)(C)C)ccn1. The van der Waals surface area contributed by atoms with Crippen molar-refractivity contribution < 1.29 is 29.6 Å². The third kappa shape index (κ3) is 4.32. The van der Waals surface area contributed by atoms with Crippen LogP contribution in [0.4, 0.5) is 0 Å². The van der Waals surface area contributed by atoms with Crippen LogP contribution in [0.5, 0.6) is 11.5 Å². The maximum absolute atomic E-state index is 8.91. The van der Waals surface area contributed by atoms with Crippen molar-refractivity contribution in [2.24, 2.45) is 7.05 Å². The second kappa shape index (κ2) is 10.2. The molecule has 1 aliphatic carbocycles. The molecular formula is C38H34N4OPt. The summed E-state index contributed by atoms with van der Waals surface area (Å²) < 4.78 is 48.9. The summed E-state index contributed by atoms with van der Waals surface area (Å²) >= 11 is 2.43. The molecule has 0 amide bonds. The first-order valence-electron chi connectivity index (χ1n) is 16.9. The minimum atomic E-state index is -0.272. The summed E-state index contributed by atoms with van der Waals surface area (Å²) in [5.41, 5.74) is 7.03. The fourth-order valence-electron chi connectivity index (χ4n) is 6.62. The van der Waals surface area contributed by atoms with Crippen LogP contribution in [-0.4, -0.2) is 18.7 Å². The third-order valence-corrected chi connectivity index (χ3v) is 10.2. The molecule has 1 unspecified atom stereocenters. The first-order chi connectivity index (χ1) is 22.9. The molecule has 8 rings (SSSR count). The molecule has 0 aliphatic heterocycles.